The van der Waals surface area contributed by atoms with Crippen LogP contribution in [0.3, 0.4) is 0 Å². The van der Waals surface area contributed by atoms with Crippen molar-refractivity contribution in [2.24, 2.45) is 0 Å². The predicted octanol–water partition coefficient (Wildman–Crippen LogP) is 0.802. The average molecular weight is 192 g/mol. The number of amides is 1. The van der Waals surface area contributed by atoms with Crippen molar-refractivity contribution in [2.75, 3.05) is 17.2 Å². The first-order chi connectivity index (χ1) is 6.79. The Morgan fingerprint density at radius 2 is 2.07 bits per heavy atom. The quantitative estimate of drug-likeness (QED) is 0.616. The van der Waals surface area contributed by atoms with Gasteiger partial charge in [-0.15, -0.1) is 0 Å². The zero-order valence-electron chi connectivity index (χ0n) is 7.66. The highest BCUT2D eigenvalue weighted by molar-refractivity contribution is 5.96. The molecular weight excluding hydrogens is 180 g/mol. The molecule has 0 spiro atoms. The third-order valence-corrected chi connectivity index (χ3v) is 2.21. The first-order valence-corrected chi connectivity index (χ1v) is 4.56. The summed E-state index contributed by atoms with van der Waals surface area (Å²) in [5.41, 5.74) is 1.63. The number of para-hydroxylation sites is 2. The van der Waals surface area contributed by atoms with Crippen molar-refractivity contribution in [1.82, 2.24) is 0 Å². The minimum Gasteiger partial charge on any atom is -0.394 e. The molecule has 74 valence electrons. The number of hydrogen-bond acceptors (Lipinski definition) is 3. The third kappa shape index (κ3) is 1.70. The van der Waals surface area contributed by atoms with E-state index in [1.54, 1.807) is 0 Å². The zero-order chi connectivity index (χ0) is 9.97. The Labute approximate surface area is 81.9 Å². The fourth-order valence-corrected chi connectivity index (χ4v) is 1.52. The van der Waals surface area contributed by atoms with E-state index in [0.717, 1.165) is 11.4 Å². The molecule has 3 N–H and O–H groups in total. The maximum absolute atomic E-state index is 11.4. The van der Waals surface area contributed by atoms with E-state index in [-0.39, 0.29) is 18.6 Å². The van der Waals surface area contributed by atoms with Crippen molar-refractivity contribution in [3.8, 4) is 0 Å². The molecule has 1 aliphatic heterocycles. The molecule has 4 nitrogen and oxygen atoms in total. The number of fused-ring (bicyclic) bond motifs is 1. The number of hydrogen-bond donors (Lipinski definition) is 3. The van der Waals surface area contributed by atoms with Gasteiger partial charge in [0.05, 0.1) is 24.0 Å². The largest absolute Gasteiger partial charge is 0.394 e. The fourth-order valence-electron chi connectivity index (χ4n) is 1.52. The SMILES string of the molecule is O=C1C[C@H](CO)Nc2ccccc2N1. The summed E-state index contributed by atoms with van der Waals surface area (Å²) >= 11 is 0. The number of aliphatic hydroxyl groups is 1. The summed E-state index contributed by atoms with van der Waals surface area (Å²) in [6, 6.07) is 7.26. The lowest BCUT2D eigenvalue weighted by atomic mass is 10.2. The topological polar surface area (TPSA) is 61.4 Å². The van der Waals surface area contributed by atoms with Crippen molar-refractivity contribution in [3.63, 3.8) is 0 Å². The van der Waals surface area contributed by atoms with E-state index in [1.165, 1.54) is 0 Å². The molecule has 0 saturated heterocycles. The number of carbonyl (C=O) groups excluding carboxylic acids is 1. The second-order valence-corrected chi connectivity index (χ2v) is 3.32. The standard InChI is InChI=1S/C10H12N2O2/c13-6-7-5-10(14)12-9-4-2-1-3-8(9)11-7/h1-4,7,11,13H,5-6H2,(H,12,14)/t7-/m1/s1. The second-order valence-electron chi connectivity index (χ2n) is 3.32. The number of aliphatic hydroxyl groups excluding tert-OH is 1. The molecule has 2 rings (SSSR count). The minimum absolute atomic E-state index is 0.0399. The maximum atomic E-state index is 11.4. The number of carbonyl (C=O) groups is 1. The van der Waals surface area contributed by atoms with Gasteiger partial charge in [0.15, 0.2) is 0 Å². The first kappa shape index (κ1) is 9.02. The van der Waals surface area contributed by atoms with Crippen LogP contribution in [0.4, 0.5) is 11.4 Å². The van der Waals surface area contributed by atoms with Gasteiger partial charge in [0.1, 0.15) is 0 Å². The van der Waals surface area contributed by atoms with Crippen LogP contribution >= 0.6 is 0 Å². The summed E-state index contributed by atoms with van der Waals surface area (Å²) in [4.78, 5) is 11.4. The molecule has 14 heavy (non-hydrogen) atoms. The van der Waals surface area contributed by atoms with Crippen LogP contribution in [0.5, 0.6) is 0 Å². The Morgan fingerprint density at radius 1 is 1.36 bits per heavy atom. The van der Waals surface area contributed by atoms with Crippen LogP contribution in [0.2, 0.25) is 0 Å². The summed E-state index contributed by atoms with van der Waals surface area (Å²) in [7, 11) is 0. The molecule has 0 aliphatic carbocycles. The van der Waals surface area contributed by atoms with Gasteiger partial charge in [0, 0.05) is 6.42 Å². The lowest BCUT2D eigenvalue weighted by Crippen LogP contribution is -2.26. The van der Waals surface area contributed by atoms with Crippen molar-refractivity contribution >= 4 is 17.3 Å². The molecule has 0 aromatic heterocycles. The molecule has 1 aromatic carbocycles. The van der Waals surface area contributed by atoms with Gasteiger partial charge in [0.25, 0.3) is 0 Å². The van der Waals surface area contributed by atoms with Crippen molar-refractivity contribution in [3.05, 3.63) is 24.3 Å². The Morgan fingerprint density at radius 3 is 2.79 bits per heavy atom. The molecule has 1 aliphatic rings. The molecule has 0 unspecified atom stereocenters. The lowest BCUT2D eigenvalue weighted by molar-refractivity contribution is -0.116. The van der Waals surface area contributed by atoms with E-state index in [2.05, 4.69) is 10.6 Å². The van der Waals surface area contributed by atoms with Crippen molar-refractivity contribution in [2.45, 2.75) is 12.5 Å². The lowest BCUT2D eigenvalue weighted by Gasteiger charge is -2.13. The summed E-state index contributed by atoms with van der Waals surface area (Å²) in [5, 5.41) is 14.9. The molecule has 0 bridgehead atoms. The van der Waals surface area contributed by atoms with Crippen LogP contribution in [0.25, 0.3) is 0 Å². The highest BCUT2D eigenvalue weighted by Gasteiger charge is 2.19. The minimum atomic E-state index is -0.196. The van der Waals surface area contributed by atoms with E-state index in [9.17, 15) is 4.79 Å². The van der Waals surface area contributed by atoms with E-state index >= 15 is 0 Å². The summed E-state index contributed by atoms with van der Waals surface area (Å²) in [5.74, 6) is -0.0681. The summed E-state index contributed by atoms with van der Waals surface area (Å²) in [6.07, 6.45) is 0.297. The van der Waals surface area contributed by atoms with E-state index in [1.807, 2.05) is 24.3 Å². The zero-order valence-corrected chi connectivity index (χ0v) is 7.66. The smallest absolute Gasteiger partial charge is 0.226 e. The summed E-state index contributed by atoms with van der Waals surface area (Å²) in [6.45, 7) is -0.0399. The molecule has 0 radical (unpaired) electrons. The van der Waals surface area contributed by atoms with E-state index in [4.69, 9.17) is 5.11 Å². The highest BCUT2D eigenvalue weighted by atomic mass is 16.3. The Kier molecular flexibility index (Phi) is 2.37. The normalized spacial score (nSPS) is 20.4. The first-order valence-electron chi connectivity index (χ1n) is 4.56. The second kappa shape index (κ2) is 3.67. The molecule has 1 heterocycles. The van der Waals surface area contributed by atoms with Crippen LogP contribution < -0.4 is 10.6 Å². The maximum Gasteiger partial charge on any atom is 0.226 e. The van der Waals surface area contributed by atoms with Gasteiger partial charge in [0.2, 0.25) is 5.91 Å². The Hall–Kier alpha value is -1.55. The van der Waals surface area contributed by atoms with Gasteiger partial charge in [-0.1, -0.05) is 12.1 Å². The number of anilines is 2. The van der Waals surface area contributed by atoms with Gasteiger partial charge in [-0.25, -0.2) is 0 Å². The van der Waals surface area contributed by atoms with Gasteiger partial charge < -0.3 is 15.7 Å². The van der Waals surface area contributed by atoms with Crippen LogP contribution in [-0.4, -0.2) is 23.7 Å². The van der Waals surface area contributed by atoms with Crippen LogP contribution in [0.1, 0.15) is 6.42 Å². The monoisotopic (exact) mass is 192 g/mol. The predicted molar refractivity (Wildman–Crippen MR) is 54.2 cm³/mol. The summed E-state index contributed by atoms with van der Waals surface area (Å²) < 4.78 is 0. The van der Waals surface area contributed by atoms with Crippen LogP contribution in [0.15, 0.2) is 24.3 Å². The van der Waals surface area contributed by atoms with Crippen molar-refractivity contribution in [1.29, 1.82) is 0 Å². The third-order valence-electron chi connectivity index (χ3n) is 2.21. The van der Waals surface area contributed by atoms with E-state index < -0.39 is 0 Å². The van der Waals surface area contributed by atoms with Crippen LogP contribution in [-0.2, 0) is 4.79 Å². The van der Waals surface area contributed by atoms with Gasteiger partial charge in [-0.3, -0.25) is 4.79 Å². The number of benzene rings is 1. The van der Waals surface area contributed by atoms with Gasteiger partial charge >= 0.3 is 0 Å². The molecule has 1 aromatic rings. The number of nitrogens with one attached hydrogen (secondary N) is 2. The van der Waals surface area contributed by atoms with Crippen molar-refractivity contribution < 1.29 is 9.90 Å². The van der Waals surface area contributed by atoms with E-state index in [0.29, 0.717) is 6.42 Å². The van der Waals surface area contributed by atoms with Gasteiger partial charge in [-0.2, -0.15) is 0 Å². The van der Waals surface area contributed by atoms with Gasteiger partial charge in [-0.05, 0) is 12.1 Å². The Balaban J connectivity index is 2.32. The molecule has 1 atom stereocenters. The molecular formula is C10H12N2O2. The molecule has 1 amide bonds. The van der Waals surface area contributed by atoms with Crippen LogP contribution in [0, 0.1) is 0 Å². The molecule has 4 heteroatoms. The fraction of sp³-hybridized carbons (Fsp3) is 0.300. The highest BCUT2D eigenvalue weighted by Crippen LogP contribution is 2.24. The molecule has 0 fully saturated rings. The number of rotatable bonds is 1. The molecule has 0 saturated carbocycles. The average Bonchev–Trinajstić information content (AvgIpc) is 2.35. The Bertz CT molecular complexity index is 352.